The Morgan fingerprint density at radius 2 is 2.25 bits per heavy atom. The molecule has 0 bridgehead atoms. The summed E-state index contributed by atoms with van der Waals surface area (Å²) in [6.45, 7) is 4.71. The van der Waals surface area contributed by atoms with E-state index in [1.54, 1.807) is 13.0 Å². The molecule has 2 atom stereocenters. The first-order valence-corrected chi connectivity index (χ1v) is 5.84. The fourth-order valence-corrected chi connectivity index (χ4v) is 2.48. The molecule has 1 aliphatic heterocycles. The first-order chi connectivity index (χ1) is 7.61. The van der Waals surface area contributed by atoms with Crippen molar-refractivity contribution in [2.24, 2.45) is 0 Å². The van der Waals surface area contributed by atoms with Gasteiger partial charge in [-0.25, -0.2) is 4.39 Å². The molecule has 1 fully saturated rings. The predicted molar refractivity (Wildman–Crippen MR) is 63.1 cm³/mol. The Kier molecular flexibility index (Phi) is 3.15. The van der Waals surface area contributed by atoms with Crippen LogP contribution >= 0.6 is 0 Å². The second kappa shape index (κ2) is 4.42. The van der Waals surface area contributed by atoms with Crippen molar-refractivity contribution >= 4 is 5.69 Å². The number of rotatable bonds is 2. The summed E-state index contributed by atoms with van der Waals surface area (Å²) in [6, 6.07) is 5.44. The van der Waals surface area contributed by atoms with E-state index in [9.17, 15) is 9.50 Å². The zero-order chi connectivity index (χ0) is 11.7. The highest BCUT2D eigenvalue weighted by Gasteiger charge is 2.25. The van der Waals surface area contributed by atoms with Gasteiger partial charge in [-0.2, -0.15) is 0 Å². The number of hydrogen-bond acceptors (Lipinski definition) is 2. The lowest BCUT2D eigenvalue weighted by Gasteiger charge is -2.27. The minimum atomic E-state index is -0.760. The van der Waals surface area contributed by atoms with Gasteiger partial charge in [0.25, 0.3) is 0 Å². The van der Waals surface area contributed by atoms with E-state index >= 15 is 0 Å². The average Bonchev–Trinajstić information content (AvgIpc) is 2.63. The van der Waals surface area contributed by atoms with Gasteiger partial charge in [0, 0.05) is 23.8 Å². The highest BCUT2D eigenvalue weighted by Crippen LogP contribution is 2.33. The van der Waals surface area contributed by atoms with Crippen LogP contribution in [-0.2, 0) is 0 Å². The molecule has 1 aromatic carbocycles. The van der Waals surface area contributed by atoms with Crippen molar-refractivity contribution in [2.75, 3.05) is 11.4 Å². The van der Waals surface area contributed by atoms with Gasteiger partial charge in [0.1, 0.15) is 5.82 Å². The number of anilines is 1. The molecule has 0 spiro atoms. The first-order valence-electron chi connectivity index (χ1n) is 5.84. The van der Waals surface area contributed by atoms with Gasteiger partial charge in [-0.15, -0.1) is 0 Å². The van der Waals surface area contributed by atoms with Crippen LogP contribution in [0.15, 0.2) is 18.2 Å². The molecule has 1 saturated heterocycles. The van der Waals surface area contributed by atoms with Crippen molar-refractivity contribution in [1.29, 1.82) is 0 Å². The summed E-state index contributed by atoms with van der Waals surface area (Å²) in [4.78, 5) is 2.19. The van der Waals surface area contributed by atoms with Crippen LogP contribution in [0.1, 0.15) is 38.4 Å². The molecule has 1 N–H and O–H groups in total. The van der Waals surface area contributed by atoms with Gasteiger partial charge in [-0.05, 0) is 38.8 Å². The largest absolute Gasteiger partial charge is 0.389 e. The number of halogens is 1. The normalized spacial score (nSPS) is 22.5. The quantitative estimate of drug-likeness (QED) is 0.833. The number of hydrogen-bond donors (Lipinski definition) is 1. The predicted octanol–water partition coefficient (Wildman–Crippen LogP) is 2.87. The minimum Gasteiger partial charge on any atom is -0.389 e. The van der Waals surface area contributed by atoms with Crippen LogP contribution in [-0.4, -0.2) is 17.7 Å². The van der Waals surface area contributed by atoms with E-state index in [1.807, 2.05) is 6.07 Å². The molecule has 2 rings (SSSR count). The molecular weight excluding hydrogens is 205 g/mol. The SMILES string of the molecule is CC(O)c1c(F)cccc1N1CCCC1C. The molecule has 1 heterocycles. The Bertz CT molecular complexity index is 378. The Morgan fingerprint density at radius 3 is 2.81 bits per heavy atom. The van der Waals surface area contributed by atoms with Gasteiger partial charge in [0.2, 0.25) is 0 Å². The molecule has 2 nitrogen and oxygen atoms in total. The van der Waals surface area contributed by atoms with E-state index in [0.717, 1.165) is 25.1 Å². The fraction of sp³-hybridized carbons (Fsp3) is 0.538. The Balaban J connectivity index is 2.43. The number of aliphatic hydroxyl groups is 1. The average molecular weight is 223 g/mol. The van der Waals surface area contributed by atoms with Crippen molar-refractivity contribution in [2.45, 2.75) is 38.8 Å². The summed E-state index contributed by atoms with van der Waals surface area (Å²) >= 11 is 0. The highest BCUT2D eigenvalue weighted by atomic mass is 19.1. The van der Waals surface area contributed by atoms with Crippen molar-refractivity contribution in [3.8, 4) is 0 Å². The van der Waals surface area contributed by atoms with Crippen molar-refractivity contribution in [3.05, 3.63) is 29.6 Å². The number of nitrogens with zero attached hydrogens (tertiary/aromatic N) is 1. The molecule has 0 amide bonds. The summed E-state index contributed by atoms with van der Waals surface area (Å²) in [5.41, 5.74) is 1.27. The van der Waals surface area contributed by atoms with Gasteiger partial charge < -0.3 is 10.0 Å². The second-order valence-corrected chi connectivity index (χ2v) is 4.53. The maximum atomic E-state index is 13.7. The van der Waals surface area contributed by atoms with Crippen LogP contribution in [0.2, 0.25) is 0 Å². The number of benzene rings is 1. The summed E-state index contributed by atoms with van der Waals surface area (Å²) < 4.78 is 13.7. The third-order valence-electron chi connectivity index (χ3n) is 3.31. The molecule has 88 valence electrons. The van der Waals surface area contributed by atoms with Crippen molar-refractivity contribution in [1.82, 2.24) is 0 Å². The van der Waals surface area contributed by atoms with Crippen LogP contribution in [0.3, 0.4) is 0 Å². The van der Waals surface area contributed by atoms with E-state index in [-0.39, 0.29) is 5.82 Å². The topological polar surface area (TPSA) is 23.5 Å². The highest BCUT2D eigenvalue weighted by molar-refractivity contribution is 5.56. The van der Waals surface area contributed by atoms with Gasteiger partial charge in [0.15, 0.2) is 0 Å². The standard InChI is InChI=1S/C13H18FNO/c1-9-5-4-8-15(9)12-7-3-6-11(14)13(12)10(2)16/h3,6-7,9-10,16H,4-5,8H2,1-2H3. The van der Waals surface area contributed by atoms with Gasteiger partial charge in [-0.1, -0.05) is 6.07 Å². The van der Waals surface area contributed by atoms with Crippen LogP contribution in [0.4, 0.5) is 10.1 Å². The molecule has 3 heteroatoms. The first kappa shape index (κ1) is 11.4. The summed E-state index contributed by atoms with van der Waals surface area (Å²) in [7, 11) is 0. The lowest BCUT2D eigenvalue weighted by molar-refractivity contribution is 0.194. The Morgan fingerprint density at radius 1 is 1.50 bits per heavy atom. The lowest BCUT2D eigenvalue weighted by atomic mass is 10.1. The monoisotopic (exact) mass is 223 g/mol. The molecule has 0 saturated carbocycles. The maximum absolute atomic E-state index is 13.7. The zero-order valence-electron chi connectivity index (χ0n) is 9.78. The Labute approximate surface area is 95.7 Å². The molecular formula is C13H18FNO. The molecule has 1 aromatic rings. The van der Waals surface area contributed by atoms with Gasteiger partial charge in [0.05, 0.1) is 6.10 Å². The van der Waals surface area contributed by atoms with E-state index in [1.165, 1.54) is 6.07 Å². The smallest absolute Gasteiger partial charge is 0.131 e. The molecule has 2 unspecified atom stereocenters. The van der Waals surface area contributed by atoms with Gasteiger partial charge >= 0.3 is 0 Å². The van der Waals surface area contributed by atoms with E-state index in [0.29, 0.717) is 11.6 Å². The van der Waals surface area contributed by atoms with E-state index < -0.39 is 6.10 Å². The van der Waals surface area contributed by atoms with E-state index in [4.69, 9.17) is 0 Å². The zero-order valence-corrected chi connectivity index (χ0v) is 9.78. The molecule has 0 aromatic heterocycles. The van der Waals surface area contributed by atoms with Crippen molar-refractivity contribution < 1.29 is 9.50 Å². The fourth-order valence-electron chi connectivity index (χ4n) is 2.48. The molecule has 0 aliphatic carbocycles. The number of aliphatic hydroxyl groups excluding tert-OH is 1. The summed E-state index contributed by atoms with van der Waals surface area (Å²) in [5.74, 6) is -0.313. The van der Waals surface area contributed by atoms with Gasteiger partial charge in [-0.3, -0.25) is 0 Å². The lowest BCUT2D eigenvalue weighted by Crippen LogP contribution is -2.28. The van der Waals surface area contributed by atoms with Crippen LogP contribution in [0, 0.1) is 5.82 Å². The van der Waals surface area contributed by atoms with Crippen LogP contribution in [0.25, 0.3) is 0 Å². The third kappa shape index (κ3) is 1.92. The third-order valence-corrected chi connectivity index (χ3v) is 3.31. The molecule has 0 radical (unpaired) electrons. The van der Waals surface area contributed by atoms with E-state index in [2.05, 4.69) is 11.8 Å². The summed E-state index contributed by atoms with van der Waals surface area (Å²) in [6.07, 6.45) is 1.51. The van der Waals surface area contributed by atoms with Crippen molar-refractivity contribution in [3.63, 3.8) is 0 Å². The van der Waals surface area contributed by atoms with Crippen LogP contribution < -0.4 is 4.90 Å². The van der Waals surface area contributed by atoms with Crippen LogP contribution in [0.5, 0.6) is 0 Å². The summed E-state index contributed by atoms with van der Waals surface area (Å²) in [5, 5.41) is 9.67. The minimum absolute atomic E-state index is 0.313. The second-order valence-electron chi connectivity index (χ2n) is 4.53. The Hall–Kier alpha value is -1.09. The molecule has 16 heavy (non-hydrogen) atoms. The molecule has 1 aliphatic rings. The maximum Gasteiger partial charge on any atom is 0.131 e.